The summed E-state index contributed by atoms with van der Waals surface area (Å²) in [6.07, 6.45) is -5.45. The molecule has 0 saturated carbocycles. The number of allylic oxidation sites excluding steroid dienone is 4. The number of phenolic OH excluding ortho intramolecular Hbond substituents is 2. The number of phenols is 2. The van der Waals surface area contributed by atoms with Gasteiger partial charge in [-0.2, -0.15) is 0 Å². The molecule has 3 aliphatic heterocycles. The minimum absolute atomic E-state index is 0.0372. The fraction of sp³-hybridized carbons (Fsp3) is 0.635. The summed E-state index contributed by atoms with van der Waals surface area (Å²) in [6.45, 7) is 18.1. The molecule has 4 rings (SSSR count). The summed E-state index contributed by atoms with van der Waals surface area (Å²) in [5.74, 6) is -4.78. The van der Waals surface area contributed by atoms with Gasteiger partial charge in [0, 0.05) is 19.4 Å². The van der Waals surface area contributed by atoms with E-state index in [1.54, 1.807) is 53.7 Å². The van der Waals surface area contributed by atoms with Crippen molar-refractivity contribution >= 4 is 41.1 Å². The quantitative estimate of drug-likeness (QED) is 0.0655. The van der Waals surface area contributed by atoms with E-state index in [0.717, 1.165) is 0 Å². The minimum atomic E-state index is -1.61. The number of cyclic esters (lactones) is 1. The second-order valence-corrected chi connectivity index (χ2v) is 20.1. The van der Waals surface area contributed by atoms with Crippen molar-refractivity contribution in [3.05, 3.63) is 79.9 Å². The van der Waals surface area contributed by atoms with Gasteiger partial charge in [0.15, 0.2) is 36.3 Å². The average Bonchev–Trinajstić information content (AvgIpc) is 3.32. The van der Waals surface area contributed by atoms with Crippen molar-refractivity contribution < 1.29 is 88.0 Å². The zero-order valence-electron chi connectivity index (χ0n) is 43.0. The van der Waals surface area contributed by atoms with Gasteiger partial charge in [0.25, 0.3) is 0 Å². The molecule has 0 amide bonds. The Bertz CT molecular complexity index is 2220. The van der Waals surface area contributed by atoms with Crippen LogP contribution in [0, 0.1) is 11.8 Å². The van der Waals surface area contributed by atoms with Crippen LogP contribution in [-0.2, 0) is 53.9 Å². The van der Waals surface area contributed by atoms with E-state index in [4.69, 9.17) is 61.1 Å². The Balaban J connectivity index is 1.61. The maximum absolute atomic E-state index is 13.9. The number of ether oxygens (including phenoxy) is 8. The highest BCUT2D eigenvalue weighted by Gasteiger charge is 2.53. The van der Waals surface area contributed by atoms with Crippen LogP contribution < -0.4 is 0 Å². The van der Waals surface area contributed by atoms with Crippen LogP contribution in [0.1, 0.15) is 111 Å². The molecule has 0 radical (unpaired) electrons. The Hall–Kier alpha value is -3.89. The lowest BCUT2D eigenvalue weighted by Crippen LogP contribution is -2.64. The second kappa shape index (κ2) is 26.5. The SMILES string of the molecule is CCc1c(Cl)c(O)c(Cl)c(O)c1C(=O)O[C@H]1[C@H](O)[C@H](OC)[C@H](OCC2=C/C=C/C[C@H](O)/C(C)=C\[C@H](CC)[C@H](O[C@@H]3OC(C)(C)[C@@H](OC(=O)C(C)C)[C@H](O)[C@H]3O)/C(C)=C\C(C)=C\C[C@H]([C@@H](C)O)OC2=O)O[C@@H]1C. The third-order valence-corrected chi connectivity index (χ3v) is 13.8. The van der Waals surface area contributed by atoms with Gasteiger partial charge in [0.1, 0.15) is 46.7 Å². The van der Waals surface area contributed by atoms with Gasteiger partial charge >= 0.3 is 17.9 Å². The lowest BCUT2D eigenvalue weighted by Gasteiger charge is -2.47. The lowest BCUT2D eigenvalue weighted by atomic mass is 9.88. The first-order chi connectivity index (χ1) is 33.7. The van der Waals surface area contributed by atoms with Gasteiger partial charge in [-0.1, -0.05) is 86.9 Å². The molecule has 0 spiro atoms. The van der Waals surface area contributed by atoms with Crippen LogP contribution >= 0.6 is 23.2 Å². The molecular weight excluding hydrogens is 983 g/mol. The van der Waals surface area contributed by atoms with Gasteiger partial charge in [0.2, 0.25) is 0 Å². The summed E-state index contributed by atoms with van der Waals surface area (Å²) >= 11 is 12.3. The monoisotopic (exact) mass is 1060 g/mol. The fourth-order valence-corrected chi connectivity index (χ4v) is 9.16. The number of aliphatic hydroxyl groups excluding tert-OH is 5. The van der Waals surface area contributed by atoms with Gasteiger partial charge in [-0.3, -0.25) is 4.79 Å². The number of aromatic hydroxyl groups is 2. The van der Waals surface area contributed by atoms with Gasteiger partial charge < -0.3 is 73.6 Å². The normalized spacial score (nSPS) is 34.1. The molecule has 0 aliphatic carbocycles. The number of rotatable bonds is 13. The Morgan fingerprint density at radius 2 is 1.57 bits per heavy atom. The number of esters is 3. The van der Waals surface area contributed by atoms with E-state index < -0.39 is 144 Å². The summed E-state index contributed by atoms with van der Waals surface area (Å²) in [4.78, 5) is 40.0. The molecule has 404 valence electrons. The van der Waals surface area contributed by atoms with Gasteiger partial charge in [-0.05, 0) is 90.5 Å². The summed E-state index contributed by atoms with van der Waals surface area (Å²) in [5, 5.41) is 76.5. The van der Waals surface area contributed by atoms with Gasteiger partial charge in [-0.15, -0.1) is 0 Å². The zero-order chi connectivity index (χ0) is 54.1. The van der Waals surface area contributed by atoms with E-state index in [9.17, 15) is 50.1 Å². The Morgan fingerprint density at radius 3 is 2.17 bits per heavy atom. The van der Waals surface area contributed by atoms with Crippen LogP contribution in [0.2, 0.25) is 10.0 Å². The van der Waals surface area contributed by atoms with Crippen LogP contribution in [0.3, 0.4) is 0 Å². The highest BCUT2D eigenvalue weighted by molar-refractivity contribution is 6.39. The number of hydrogen-bond donors (Lipinski definition) is 7. The van der Waals surface area contributed by atoms with Crippen molar-refractivity contribution in [1.82, 2.24) is 0 Å². The molecule has 0 aromatic heterocycles. The average molecular weight is 1060 g/mol. The van der Waals surface area contributed by atoms with Crippen molar-refractivity contribution in [3.8, 4) is 11.5 Å². The summed E-state index contributed by atoms with van der Waals surface area (Å²) < 4.78 is 47.5. The third-order valence-electron chi connectivity index (χ3n) is 13.0. The fourth-order valence-electron chi connectivity index (χ4n) is 8.60. The summed E-state index contributed by atoms with van der Waals surface area (Å²) in [5.41, 5.74) is 0.318. The van der Waals surface area contributed by atoms with Crippen LogP contribution in [0.5, 0.6) is 11.5 Å². The molecule has 14 atom stereocenters. The van der Waals surface area contributed by atoms with Gasteiger partial charge in [-0.25, -0.2) is 9.59 Å². The van der Waals surface area contributed by atoms with Crippen molar-refractivity contribution in [3.63, 3.8) is 0 Å². The smallest absolute Gasteiger partial charge is 0.342 e. The van der Waals surface area contributed by atoms with E-state index in [1.807, 2.05) is 32.9 Å². The molecule has 3 aliphatic rings. The molecule has 1 aromatic carbocycles. The molecule has 3 heterocycles. The topological polar surface area (TPSA) is 267 Å². The molecule has 7 N–H and O–H groups in total. The number of carbonyl (C=O) groups excluding carboxylic acids is 3. The summed E-state index contributed by atoms with van der Waals surface area (Å²) in [7, 11) is 1.26. The number of carbonyl (C=O) groups is 3. The molecule has 2 fully saturated rings. The zero-order valence-corrected chi connectivity index (χ0v) is 44.5. The van der Waals surface area contributed by atoms with E-state index >= 15 is 0 Å². The Kier molecular flexibility index (Phi) is 22.4. The van der Waals surface area contributed by atoms with E-state index in [1.165, 1.54) is 33.1 Å². The molecule has 72 heavy (non-hydrogen) atoms. The first kappa shape index (κ1) is 60.7. The van der Waals surface area contributed by atoms with Crippen LogP contribution in [0.15, 0.2) is 58.7 Å². The van der Waals surface area contributed by atoms with Crippen molar-refractivity contribution in [2.24, 2.45) is 11.8 Å². The maximum atomic E-state index is 13.9. The van der Waals surface area contributed by atoms with Crippen LogP contribution in [0.4, 0.5) is 0 Å². The summed E-state index contributed by atoms with van der Waals surface area (Å²) in [6, 6.07) is 0. The number of hydrogen-bond acceptors (Lipinski definition) is 18. The predicted octanol–water partition coefficient (Wildman–Crippen LogP) is 6.23. The number of halogens is 2. The first-order valence-corrected chi connectivity index (χ1v) is 24.9. The largest absolute Gasteiger partial charge is 0.505 e. The second-order valence-electron chi connectivity index (χ2n) is 19.4. The van der Waals surface area contributed by atoms with Crippen molar-refractivity contribution in [2.75, 3.05) is 13.7 Å². The molecule has 2 saturated heterocycles. The number of methoxy groups -OCH3 is 1. The minimum Gasteiger partial charge on any atom is -0.505 e. The van der Waals surface area contributed by atoms with E-state index in [-0.39, 0.29) is 35.4 Å². The van der Waals surface area contributed by atoms with Crippen LogP contribution in [-0.4, -0.2) is 153 Å². The molecule has 0 bridgehead atoms. The van der Waals surface area contributed by atoms with Crippen LogP contribution in [0.25, 0.3) is 0 Å². The standard InChI is InChI=1S/C52H74Cl2O18/c1-13-30-22-26(6)33(56)18-16-15-17-31(23-66-51-45(65-12)42(61)44(29(9)67-51)69-49(64)35-32(14-2)36(53)39(58)37(54)38(35)57)48(63)68-34(28(8)55)20-19-25(5)21-27(7)43(30)70-50-41(60)40(59)46(52(10,11)72-50)71-47(62)24(3)4/h15-17,19,21-22,24,28-30,33-34,40-46,50-51,55-61H,13-14,18,20,23H2,1-12H3/b16-15+,25-19+,26-22-,27-21-,31-17?/t28-,29-,30+,33+,34-,40-,41-,42+,43-,44-,45+,46+,50-,51-/m1/s1. The molecule has 18 nitrogen and oxygen atoms in total. The molecule has 1 aromatic rings. The van der Waals surface area contributed by atoms with Crippen molar-refractivity contribution in [2.45, 2.75) is 187 Å². The predicted molar refractivity (Wildman–Crippen MR) is 265 cm³/mol. The van der Waals surface area contributed by atoms with E-state index in [0.29, 0.717) is 23.1 Å². The lowest BCUT2D eigenvalue weighted by molar-refractivity contribution is -0.333. The van der Waals surface area contributed by atoms with Gasteiger partial charge in [0.05, 0.1) is 47.5 Å². The first-order valence-electron chi connectivity index (χ1n) is 24.2. The van der Waals surface area contributed by atoms with Crippen molar-refractivity contribution in [1.29, 1.82) is 0 Å². The molecule has 0 unspecified atom stereocenters. The maximum Gasteiger partial charge on any atom is 0.342 e. The molecular formula is C52H74Cl2O18. The highest BCUT2D eigenvalue weighted by Crippen LogP contribution is 2.45. The Labute approximate surface area is 431 Å². The van der Waals surface area contributed by atoms with E-state index in [2.05, 4.69) is 0 Å². The molecule has 20 heteroatoms. The Morgan fingerprint density at radius 1 is 0.903 bits per heavy atom. The third kappa shape index (κ3) is 14.7. The number of benzene rings is 1. The highest BCUT2D eigenvalue weighted by atomic mass is 35.5. The number of aliphatic hydroxyl groups is 5.